The molecular weight excluding hydrogens is 234 g/mol. The summed E-state index contributed by atoms with van der Waals surface area (Å²) in [6.07, 6.45) is 2.67. The molecule has 1 N–H and O–H groups in total. The van der Waals surface area contributed by atoms with Crippen molar-refractivity contribution < 1.29 is 0 Å². The van der Waals surface area contributed by atoms with Gasteiger partial charge in [0.1, 0.15) is 0 Å². The van der Waals surface area contributed by atoms with Crippen LogP contribution in [0.15, 0.2) is 12.1 Å². The predicted octanol–water partition coefficient (Wildman–Crippen LogP) is 3.23. The van der Waals surface area contributed by atoms with E-state index in [4.69, 9.17) is 0 Å². The van der Waals surface area contributed by atoms with E-state index in [1.54, 1.807) is 0 Å². The third kappa shape index (κ3) is 3.69. The van der Waals surface area contributed by atoms with Gasteiger partial charge in [0.2, 0.25) is 0 Å². The van der Waals surface area contributed by atoms with Crippen molar-refractivity contribution in [2.24, 2.45) is 5.92 Å². The van der Waals surface area contributed by atoms with Gasteiger partial charge in [0.05, 0.1) is 11.4 Å². The second-order valence-corrected chi connectivity index (χ2v) is 5.81. The molecule has 1 aliphatic rings. The molecule has 2 atom stereocenters. The Morgan fingerprint density at radius 3 is 2.89 bits per heavy atom. The Hall–Kier alpha value is -1.09. The number of aryl methyl sites for hydroxylation is 2. The number of aromatic nitrogens is 1. The number of likely N-dealkylation sites (tertiary alicyclic amines) is 1. The van der Waals surface area contributed by atoms with E-state index in [9.17, 15) is 0 Å². The molecule has 2 unspecified atom stereocenters. The van der Waals surface area contributed by atoms with Gasteiger partial charge in [0.25, 0.3) is 0 Å². The first-order chi connectivity index (χ1) is 9.10. The van der Waals surface area contributed by atoms with Crippen molar-refractivity contribution in [2.45, 2.75) is 46.6 Å². The molecule has 106 valence electrons. The maximum Gasteiger partial charge on any atom is 0.0606 e. The van der Waals surface area contributed by atoms with Crippen molar-refractivity contribution in [3.05, 3.63) is 23.5 Å². The minimum absolute atomic E-state index is 0.512. The van der Waals surface area contributed by atoms with E-state index in [0.29, 0.717) is 6.04 Å². The largest absolute Gasteiger partial charge is 0.381 e. The third-order valence-corrected chi connectivity index (χ3v) is 4.30. The first-order valence-electron chi connectivity index (χ1n) is 7.53. The van der Waals surface area contributed by atoms with E-state index in [2.05, 4.69) is 48.1 Å². The molecule has 0 radical (unpaired) electrons. The first kappa shape index (κ1) is 14.3. The Morgan fingerprint density at radius 2 is 2.21 bits per heavy atom. The number of rotatable bonds is 4. The van der Waals surface area contributed by atoms with E-state index in [1.807, 2.05) is 6.92 Å². The maximum atomic E-state index is 4.53. The lowest BCUT2D eigenvalue weighted by molar-refractivity contribution is 0.172. The van der Waals surface area contributed by atoms with Crippen LogP contribution in [0.2, 0.25) is 0 Å². The Labute approximate surface area is 117 Å². The average Bonchev–Trinajstić information content (AvgIpc) is 2.42. The minimum atomic E-state index is 0.512. The summed E-state index contributed by atoms with van der Waals surface area (Å²) in [5.41, 5.74) is 3.38. The zero-order valence-electron chi connectivity index (χ0n) is 12.7. The highest BCUT2D eigenvalue weighted by atomic mass is 15.1. The van der Waals surface area contributed by atoms with E-state index >= 15 is 0 Å². The van der Waals surface area contributed by atoms with Crippen LogP contribution in [-0.2, 0) is 0 Å². The molecule has 3 nitrogen and oxygen atoms in total. The third-order valence-electron chi connectivity index (χ3n) is 4.30. The summed E-state index contributed by atoms with van der Waals surface area (Å²) in [5, 5.41) is 3.66. The normalized spacial score (nSPS) is 22.2. The predicted molar refractivity (Wildman–Crippen MR) is 81.6 cm³/mol. The highest BCUT2D eigenvalue weighted by Gasteiger charge is 2.24. The lowest BCUT2D eigenvalue weighted by Gasteiger charge is -2.36. The number of pyridine rings is 1. The summed E-state index contributed by atoms with van der Waals surface area (Å²) in [7, 11) is 0. The van der Waals surface area contributed by atoms with Crippen LogP contribution in [0.4, 0.5) is 5.69 Å². The molecule has 0 aliphatic carbocycles. The molecule has 1 saturated heterocycles. The lowest BCUT2D eigenvalue weighted by atomic mass is 9.91. The number of hydrogen-bond acceptors (Lipinski definition) is 3. The van der Waals surface area contributed by atoms with Gasteiger partial charge < -0.3 is 10.2 Å². The van der Waals surface area contributed by atoms with E-state index in [0.717, 1.165) is 17.3 Å². The molecule has 1 aliphatic heterocycles. The second-order valence-electron chi connectivity index (χ2n) is 5.81. The fraction of sp³-hybridized carbons (Fsp3) is 0.688. The van der Waals surface area contributed by atoms with Gasteiger partial charge >= 0.3 is 0 Å². The van der Waals surface area contributed by atoms with E-state index in [1.165, 1.54) is 38.2 Å². The van der Waals surface area contributed by atoms with E-state index < -0.39 is 0 Å². The first-order valence-corrected chi connectivity index (χ1v) is 7.53. The van der Waals surface area contributed by atoms with Crippen molar-refractivity contribution in [1.29, 1.82) is 0 Å². The van der Waals surface area contributed by atoms with Gasteiger partial charge in [0.15, 0.2) is 0 Å². The van der Waals surface area contributed by atoms with Gasteiger partial charge in [-0.25, -0.2) is 0 Å². The number of anilines is 1. The standard InChI is InChI=1S/C16H27N3/c1-5-19-10-6-7-15(11-19)13(3)18-16-9-8-12(2)17-14(16)4/h8-9,13,15,18H,5-7,10-11H2,1-4H3. The number of nitrogens with zero attached hydrogens (tertiary/aromatic N) is 2. The molecule has 1 fully saturated rings. The lowest BCUT2D eigenvalue weighted by Crippen LogP contribution is -2.41. The van der Waals surface area contributed by atoms with Gasteiger partial charge in [-0.3, -0.25) is 4.98 Å². The summed E-state index contributed by atoms with van der Waals surface area (Å²) >= 11 is 0. The molecule has 2 heterocycles. The highest BCUT2D eigenvalue weighted by molar-refractivity contribution is 5.48. The maximum absolute atomic E-state index is 4.53. The Bertz CT molecular complexity index is 416. The van der Waals surface area contributed by atoms with Crippen molar-refractivity contribution >= 4 is 5.69 Å². The minimum Gasteiger partial charge on any atom is -0.381 e. The molecule has 1 aromatic rings. The van der Waals surface area contributed by atoms with Gasteiger partial charge in [-0.1, -0.05) is 6.92 Å². The molecule has 19 heavy (non-hydrogen) atoms. The molecule has 0 saturated carbocycles. The van der Waals surface area contributed by atoms with Crippen molar-refractivity contribution in [3.63, 3.8) is 0 Å². The van der Waals surface area contributed by atoms with Crippen LogP contribution in [0.1, 0.15) is 38.1 Å². The molecule has 0 aromatic carbocycles. The number of piperidine rings is 1. The molecule has 0 amide bonds. The van der Waals surface area contributed by atoms with Crippen LogP contribution in [0.5, 0.6) is 0 Å². The molecule has 1 aromatic heterocycles. The van der Waals surface area contributed by atoms with E-state index in [-0.39, 0.29) is 0 Å². The zero-order chi connectivity index (χ0) is 13.8. The molecule has 2 rings (SSSR count). The quantitative estimate of drug-likeness (QED) is 0.902. The van der Waals surface area contributed by atoms with Crippen LogP contribution in [0.3, 0.4) is 0 Å². The summed E-state index contributed by atoms with van der Waals surface area (Å²) in [6, 6.07) is 4.76. The summed E-state index contributed by atoms with van der Waals surface area (Å²) in [6.45, 7) is 12.4. The Kier molecular flexibility index (Phi) is 4.81. The molecule has 3 heteroatoms. The summed E-state index contributed by atoms with van der Waals surface area (Å²) in [4.78, 5) is 7.09. The van der Waals surface area contributed by atoms with Crippen molar-refractivity contribution in [3.8, 4) is 0 Å². The van der Waals surface area contributed by atoms with Crippen molar-refractivity contribution in [1.82, 2.24) is 9.88 Å². The average molecular weight is 261 g/mol. The fourth-order valence-electron chi connectivity index (χ4n) is 2.99. The van der Waals surface area contributed by atoms with Gasteiger partial charge in [-0.2, -0.15) is 0 Å². The van der Waals surface area contributed by atoms with Crippen LogP contribution >= 0.6 is 0 Å². The number of hydrogen-bond donors (Lipinski definition) is 1. The fourth-order valence-corrected chi connectivity index (χ4v) is 2.99. The smallest absolute Gasteiger partial charge is 0.0606 e. The zero-order valence-corrected chi connectivity index (χ0v) is 12.7. The van der Waals surface area contributed by atoms with Crippen LogP contribution in [0, 0.1) is 19.8 Å². The van der Waals surface area contributed by atoms with Crippen molar-refractivity contribution in [2.75, 3.05) is 25.0 Å². The van der Waals surface area contributed by atoms with Gasteiger partial charge in [-0.15, -0.1) is 0 Å². The SMILES string of the molecule is CCN1CCCC(C(C)Nc2ccc(C)nc2C)C1. The van der Waals surface area contributed by atoms with Gasteiger partial charge in [-0.05, 0) is 64.8 Å². The molecular formula is C16H27N3. The van der Waals surface area contributed by atoms with Crippen LogP contribution in [0.25, 0.3) is 0 Å². The van der Waals surface area contributed by atoms with Gasteiger partial charge in [0, 0.05) is 18.3 Å². The second kappa shape index (κ2) is 6.38. The molecule has 0 spiro atoms. The summed E-state index contributed by atoms with van der Waals surface area (Å²) < 4.78 is 0. The van der Waals surface area contributed by atoms with Crippen LogP contribution in [-0.4, -0.2) is 35.6 Å². The Morgan fingerprint density at radius 1 is 1.42 bits per heavy atom. The summed E-state index contributed by atoms with van der Waals surface area (Å²) in [5.74, 6) is 0.745. The number of nitrogens with one attached hydrogen (secondary N) is 1. The van der Waals surface area contributed by atoms with Crippen LogP contribution < -0.4 is 5.32 Å². The monoisotopic (exact) mass is 261 g/mol. The topological polar surface area (TPSA) is 28.2 Å². The Balaban J connectivity index is 1.98. The highest BCUT2D eigenvalue weighted by Crippen LogP contribution is 2.23. The molecule has 0 bridgehead atoms.